The van der Waals surface area contributed by atoms with E-state index >= 15 is 0 Å². The van der Waals surface area contributed by atoms with Crippen molar-refractivity contribution in [2.45, 2.75) is 0 Å². The first-order valence-electron chi connectivity index (χ1n) is 20.8. The number of hydrogen-bond acceptors (Lipinski definition) is 1. The Bertz CT molecular complexity index is 3510. The van der Waals surface area contributed by atoms with Crippen LogP contribution in [0.4, 0.5) is 0 Å². The number of aliphatic imine (C=N–C) groups is 2. The molecule has 0 unspecified atom stereocenters. The summed E-state index contributed by atoms with van der Waals surface area (Å²) in [5.74, 6) is 0.662. The zero-order valence-electron chi connectivity index (χ0n) is 33.6. The van der Waals surface area contributed by atoms with Gasteiger partial charge < -0.3 is 0 Å². The summed E-state index contributed by atoms with van der Waals surface area (Å²) >= 11 is 1.26. The predicted octanol–water partition coefficient (Wildman–Crippen LogP) is 13.8. The van der Waals surface area contributed by atoms with Gasteiger partial charge in [0.2, 0.25) is 0 Å². The van der Waals surface area contributed by atoms with Crippen molar-refractivity contribution in [2.75, 3.05) is 0 Å². The second kappa shape index (κ2) is 16.2. The zero-order chi connectivity index (χ0) is 41.4. The molecule has 0 aliphatic heterocycles. The maximum atomic E-state index is 5.42. The molecule has 0 saturated heterocycles. The number of benzene rings is 9. The Hall–Kier alpha value is -7.52. The van der Waals surface area contributed by atoms with Crippen molar-refractivity contribution in [3.05, 3.63) is 241 Å². The molecule has 5 heteroatoms. The van der Waals surface area contributed by atoms with E-state index in [0.29, 0.717) is 5.84 Å². The molecular weight excluding hydrogens is 924 g/mol. The number of para-hydroxylation sites is 4. The molecule has 292 valence electrons. The van der Waals surface area contributed by atoms with Crippen LogP contribution >= 0.6 is 0 Å². The Labute approximate surface area is 370 Å². The minimum atomic E-state index is 0.662. The van der Waals surface area contributed by atoms with Crippen molar-refractivity contribution in [3.8, 4) is 33.6 Å². The van der Waals surface area contributed by atoms with Crippen LogP contribution in [0.3, 0.4) is 0 Å². The zero-order valence-corrected chi connectivity index (χ0v) is 36.6. The number of rotatable bonds is 8. The molecule has 0 bridgehead atoms. The molecule has 0 aliphatic rings. The van der Waals surface area contributed by atoms with E-state index in [1.165, 1.54) is 52.2 Å². The molecule has 0 amide bonds. The molecule has 11 aromatic rings. The van der Waals surface area contributed by atoms with Crippen LogP contribution in [0.2, 0.25) is 0 Å². The van der Waals surface area contributed by atoms with Crippen LogP contribution in [0, 0.1) is 0 Å². The van der Waals surface area contributed by atoms with Gasteiger partial charge in [-0.25, -0.2) is 0 Å². The standard InChI is InChI=1S/C57H38N4.W/c1-4-16-42(17-5-1)43-28-30-44(31-29-43)45-18-14-15-40(35-45)38-58-57(46-32-34-55-52(37-46)50-24-11-13-26-54(50)60(55)47-19-6-2-7-20-47)59-39-41-27-33-51-49-23-10-12-25-53(49)61(56(51)36-41)48-21-8-3-9-22-48;/h1-38H;. The van der Waals surface area contributed by atoms with Gasteiger partial charge in [-0.15, -0.1) is 0 Å². The summed E-state index contributed by atoms with van der Waals surface area (Å²) in [5, 5.41) is 4.79. The molecule has 62 heavy (non-hydrogen) atoms. The fraction of sp³-hybridized carbons (Fsp3) is 0. The van der Waals surface area contributed by atoms with Gasteiger partial charge in [-0.2, -0.15) is 0 Å². The second-order valence-electron chi connectivity index (χ2n) is 15.4. The van der Waals surface area contributed by atoms with Gasteiger partial charge in [-0.3, -0.25) is 0 Å². The van der Waals surface area contributed by atoms with Crippen LogP contribution in [0.25, 0.3) is 77.2 Å². The molecule has 2 heterocycles. The van der Waals surface area contributed by atoms with E-state index in [4.69, 9.17) is 9.98 Å². The number of amidine groups is 1. The molecule has 0 saturated carbocycles. The van der Waals surface area contributed by atoms with Crippen LogP contribution in [0.15, 0.2) is 234 Å². The van der Waals surface area contributed by atoms with Gasteiger partial charge in [0.05, 0.1) is 0 Å². The monoisotopic (exact) mass is 962 g/mol. The molecule has 9 aromatic carbocycles. The summed E-state index contributed by atoms with van der Waals surface area (Å²) in [6.07, 6.45) is 1.96. The second-order valence-corrected chi connectivity index (χ2v) is 16.8. The topological polar surface area (TPSA) is 34.6 Å². The van der Waals surface area contributed by atoms with E-state index in [9.17, 15) is 0 Å². The van der Waals surface area contributed by atoms with E-state index < -0.39 is 0 Å². The average Bonchev–Trinajstić information content (AvgIpc) is 3.86. The van der Waals surface area contributed by atoms with Crippen molar-refractivity contribution < 1.29 is 19.4 Å². The van der Waals surface area contributed by atoms with Gasteiger partial charge in [0.15, 0.2) is 0 Å². The summed E-state index contributed by atoms with van der Waals surface area (Å²) < 4.78 is 5.66. The SMILES string of the molecule is [W]=[C](N=C(N=Cc1cccc(-c2ccc(-c3ccccc3)cc2)c1)c1ccc2c(c1)c1ccccc1n2-c1ccccc1)c1ccc2c3ccccc3n(-c3ccccc3)c2c1. The molecule has 0 spiro atoms. The number of hydrogen-bond donors (Lipinski definition) is 0. The third-order valence-electron chi connectivity index (χ3n) is 11.6. The third kappa shape index (κ3) is 6.95. The summed E-state index contributed by atoms with van der Waals surface area (Å²) in [6.45, 7) is 0. The molecule has 0 atom stereocenters. The molecule has 0 aliphatic carbocycles. The van der Waals surface area contributed by atoms with Gasteiger partial charge in [0.1, 0.15) is 0 Å². The van der Waals surface area contributed by atoms with Crippen LogP contribution in [-0.2, 0) is 19.4 Å². The predicted molar refractivity (Wildman–Crippen MR) is 257 cm³/mol. The van der Waals surface area contributed by atoms with Gasteiger partial charge in [-0.1, -0.05) is 30.3 Å². The Balaban J connectivity index is 1.02. The van der Waals surface area contributed by atoms with Crippen molar-refractivity contribution in [3.63, 3.8) is 0 Å². The average molecular weight is 963 g/mol. The summed E-state index contributed by atoms with van der Waals surface area (Å²) in [6, 6.07) is 79.7. The number of nitrogens with zero attached hydrogens (tertiary/aromatic N) is 4. The van der Waals surface area contributed by atoms with E-state index in [0.717, 1.165) is 65.2 Å². The molecule has 0 N–H and O–H groups in total. The third-order valence-corrected chi connectivity index (χ3v) is 12.8. The van der Waals surface area contributed by atoms with E-state index in [-0.39, 0.29) is 0 Å². The molecule has 0 fully saturated rings. The van der Waals surface area contributed by atoms with Gasteiger partial charge in [0.25, 0.3) is 0 Å². The normalized spacial score (nSPS) is 12.0. The van der Waals surface area contributed by atoms with Crippen molar-refractivity contribution in [2.24, 2.45) is 9.98 Å². The van der Waals surface area contributed by atoms with Gasteiger partial charge >= 0.3 is 337 Å². The maximum absolute atomic E-state index is 5.42. The Morgan fingerprint density at radius 2 is 0.871 bits per heavy atom. The summed E-state index contributed by atoms with van der Waals surface area (Å²) in [4.78, 5) is 10.7. The summed E-state index contributed by atoms with van der Waals surface area (Å²) in [7, 11) is 0. The Morgan fingerprint density at radius 1 is 0.371 bits per heavy atom. The molecule has 11 rings (SSSR count). The van der Waals surface area contributed by atoms with Crippen molar-refractivity contribution in [1.82, 2.24) is 9.13 Å². The van der Waals surface area contributed by atoms with Crippen molar-refractivity contribution in [1.29, 1.82) is 0 Å². The first-order chi connectivity index (χ1) is 30.7. The number of fused-ring (bicyclic) bond motifs is 6. The van der Waals surface area contributed by atoms with E-state index in [1.54, 1.807) is 0 Å². The minimum absolute atomic E-state index is 0.662. The van der Waals surface area contributed by atoms with Crippen LogP contribution in [0.1, 0.15) is 16.7 Å². The van der Waals surface area contributed by atoms with Crippen molar-refractivity contribution >= 4 is 59.7 Å². The van der Waals surface area contributed by atoms with E-state index in [2.05, 4.69) is 234 Å². The first kappa shape index (κ1) is 37.5. The van der Waals surface area contributed by atoms with Crippen LogP contribution in [0.5, 0.6) is 0 Å². The van der Waals surface area contributed by atoms with E-state index in [1.807, 2.05) is 6.21 Å². The van der Waals surface area contributed by atoms with Crippen LogP contribution < -0.4 is 0 Å². The summed E-state index contributed by atoms with van der Waals surface area (Å²) in [5.41, 5.74) is 14.6. The van der Waals surface area contributed by atoms with Gasteiger partial charge in [0, 0.05) is 0 Å². The number of aromatic nitrogens is 2. The Morgan fingerprint density at radius 3 is 1.55 bits per heavy atom. The quantitative estimate of drug-likeness (QED) is 0.107. The first-order valence-corrected chi connectivity index (χ1v) is 22.2. The Kier molecular flexibility index (Phi) is 9.77. The molecule has 0 radical (unpaired) electrons. The van der Waals surface area contributed by atoms with Gasteiger partial charge in [-0.05, 0) is 5.56 Å². The fourth-order valence-corrected chi connectivity index (χ4v) is 9.44. The molecule has 2 aromatic heterocycles. The molecular formula is C57H38N4W. The van der Waals surface area contributed by atoms with Crippen LogP contribution in [-0.4, -0.2) is 25.2 Å². The molecule has 4 nitrogen and oxygen atoms in total. The fourth-order valence-electron chi connectivity index (χ4n) is 8.67.